The molecule has 2 aromatic heterocycles. The second-order valence-corrected chi connectivity index (χ2v) is 10.6. The maximum Gasteiger partial charge on any atom is 0.427 e. The minimum absolute atomic E-state index is 0.399. The number of amides is 2. The Balaban J connectivity index is 1.50. The first kappa shape index (κ1) is 29.9. The van der Waals surface area contributed by atoms with Crippen molar-refractivity contribution >= 4 is 46.2 Å². The molecule has 4 N–H and O–H groups in total. The number of nitrogens with one attached hydrogen (secondary N) is 4. The number of nitrogens with zero attached hydrogens (tertiary/aromatic N) is 4. The van der Waals surface area contributed by atoms with Crippen LogP contribution in [0.2, 0.25) is 0 Å². The molecule has 0 unspecified atom stereocenters. The molecule has 48 heavy (non-hydrogen) atoms. The first-order chi connectivity index (χ1) is 23.5. The largest absolute Gasteiger partial charge is 0.452 e. The number of hydrogen-bond donors (Lipinski definition) is 4. The van der Waals surface area contributed by atoms with E-state index in [1.54, 1.807) is 0 Å². The van der Waals surface area contributed by atoms with E-state index >= 15 is 0 Å². The lowest BCUT2D eigenvalue weighted by molar-refractivity contribution is 0.170. The molecule has 12 nitrogen and oxygen atoms in total. The summed E-state index contributed by atoms with van der Waals surface area (Å²) >= 11 is 0. The number of allylic oxidation sites excluding steroid dienone is 4. The normalized spacial score (nSPS) is 16.7. The number of benzene rings is 2. The molecule has 0 saturated carbocycles. The van der Waals surface area contributed by atoms with Crippen LogP contribution in [0.15, 0.2) is 141 Å². The first-order valence-electron chi connectivity index (χ1n) is 14.9. The fourth-order valence-electron chi connectivity index (χ4n) is 5.52. The number of rotatable bonds is 4. The van der Waals surface area contributed by atoms with Gasteiger partial charge in [-0.2, -0.15) is 10.2 Å². The zero-order valence-corrected chi connectivity index (χ0v) is 25.8. The van der Waals surface area contributed by atoms with Crippen LogP contribution in [0.25, 0.3) is 11.1 Å². The molecule has 3 aliphatic heterocycles. The molecule has 0 saturated heterocycles. The maximum atomic E-state index is 12.1. The van der Waals surface area contributed by atoms with Gasteiger partial charge in [-0.15, -0.1) is 0 Å². The van der Waals surface area contributed by atoms with Gasteiger partial charge < -0.3 is 19.4 Å². The molecule has 0 fully saturated rings. The lowest BCUT2D eigenvalue weighted by atomic mass is 10.0. The SMILES string of the molecule is COC(=O)N/N=C1/C2=NC(=C(c3ccccc3)c3ccc([nH]3)/C(=N\NC(=O)OC)C3=NC(=C(c4ccccc4)c4ccc1[nH]4)C=C3)C=C2. The van der Waals surface area contributed by atoms with Crippen LogP contribution in [-0.2, 0) is 9.47 Å². The van der Waals surface area contributed by atoms with Gasteiger partial charge in [0, 0.05) is 22.5 Å². The van der Waals surface area contributed by atoms with E-state index in [1.165, 1.54) is 14.2 Å². The van der Waals surface area contributed by atoms with E-state index < -0.39 is 12.2 Å². The standard InChI is InChI=1S/C36H28N8O4/c1-47-35(45)43-41-33-27-17-13-23(37-27)31(21-9-5-3-6-10-21)25-15-19-29(39-25)34(42-44-36(46)48-2)30-20-16-26(40-30)32(22-11-7-4-8-12-22)24-14-18-28(33)38-24/h3-20,37,40H,1-2H3,(H,43,45)(H,44,46)/b31-25?,32-24?,41-33+,42-34-. The fraction of sp³-hybridized carbons (Fsp3) is 0.0556. The van der Waals surface area contributed by atoms with Crippen LogP contribution in [-0.4, -0.2) is 59.2 Å². The summed E-state index contributed by atoms with van der Waals surface area (Å²) in [4.78, 5) is 41.2. The Bertz CT molecular complexity index is 2020. The topological polar surface area (TPSA) is 158 Å². The molecule has 0 atom stereocenters. The highest BCUT2D eigenvalue weighted by atomic mass is 16.5. The van der Waals surface area contributed by atoms with Crippen molar-refractivity contribution in [3.63, 3.8) is 0 Å². The Labute approximate surface area is 274 Å². The van der Waals surface area contributed by atoms with Gasteiger partial charge in [-0.1, -0.05) is 60.7 Å². The van der Waals surface area contributed by atoms with Gasteiger partial charge in [-0.05, 0) is 59.7 Å². The van der Waals surface area contributed by atoms with Crippen LogP contribution in [0.4, 0.5) is 9.59 Å². The molecular weight excluding hydrogens is 608 g/mol. The van der Waals surface area contributed by atoms with Crippen molar-refractivity contribution in [1.29, 1.82) is 0 Å². The number of carbonyl (C=O) groups is 2. The van der Waals surface area contributed by atoms with Gasteiger partial charge in [-0.3, -0.25) is 0 Å². The molecule has 0 radical (unpaired) electrons. The van der Waals surface area contributed by atoms with Crippen molar-refractivity contribution < 1.29 is 19.1 Å². The van der Waals surface area contributed by atoms with E-state index in [2.05, 4.69) is 31.0 Å². The van der Waals surface area contributed by atoms with E-state index in [9.17, 15) is 9.59 Å². The summed E-state index contributed by atoms with van der Waals surface area (Å²) in [5.41, 5.74) is 14.2. The third kappa shape index (κ3) is 5.81. The summed E-state index contributed by atoms with van der Waals surface area (Å²) in [6, 6.07) is 27.3. The van der Waals surface area contributed by atoms with Crippen molar-refractivity contribution in [1.82, 2.24) is 20.8 Å². The number of hydrazone groups is 2. The summed E-state index contributed by atoms with van der Waals surface area (Å²) in [5, 5.41) is 8.84. The number of aromatic amines is 2. The smallest absolute Gasteiger partial charge is 0.427 e. The van der Waals surface area contributed by atoms with E-state index in [0.29, 0.717) is 45.6 Å². The lowest BCUT2D eigenvalue weighted by Gasteiger charge is -2.11. The fourth-order valence-corrected chi connectivity index (χ4v) is 5.52. The summed E-state index contributed by atoms with van der Waals surface area (Å²) in [6.45, 7) is 0. The quantitative estimate of drug-likeness (QED) is 0.211. The van der Waals surface area contributed by atoms with Crippen molar-refractivity contribution in [3.05, 3.63) is 155 Å². The van der Waals surface area contributed by atoms with Crippen molar-refractivity contribution in [2.45, 2.75) is 0 Å². The van der Waals surface area contributed by atoms with Crippen molar-refractivity contribution in [2.24, 2.45) is 20.2 Å². The van der Waals surface area contributed by atoms with Gasteiger partial charge in [0.25, 0.3) is 0 Å². The monoisotopic (exact) mass is 636 g/mol. The van der Waals surface area contributed by atoms with Gasteiger partial charge in [0.1, 0.15) is 11.4 Å². The Morgan fingerprint density at radius 2 is 0.958 bits per heavy atom. The van der Waals surface area contributed by atoms with E-state index in [4.69, 9.17) is 19.5 Å². The molecule has 0 spiro atoms. The zero-order valence-electron chi connectivity index (χ0n) is 25.8. The van der Waals surface area contributed by atoms with Crippen molar-refractivity contribution in [2.75, 3.05) is 14.2 Å². The lowest BCUT2D eigenvalue weighted by Crippen LogP contribution is -2.23. The third-order valence-electron chi connectivity index (χ3n) is 7.71. The Kier molecular flexibility index (Phi) is 8.02. The molecule has 0 aliphatic carbocycles. The summed E-state index contributed by atoms with van der Waals surface area (Å²) in [7, 11) is 2.55. The minimum atomic E-state index is -0.715. The molecular formula is C36H28N8O4. The highest BCUT2D eigenvalue weighted by molar-refractivity contribution is 6.53. The number of methoxy groups -OCH3 is 2. The van der Waals surface area contributed by atoms with E-state index in [-0.39, 0.29) is 0 Å². The number of aromatic nitrogens is 2. The number of hydrogen-bond acceptors (Lipinski definition) is 8. The maximum absolute atomic E-state index is 12.1. The van der Waals surface area contributed by atoms with Gasteiger partial charge in [0.2, 0.25) is 0 Å². The molecule has 7 rings (SSSR count). The molecule has 2 aromatic carbocycles. The van der Waals surface area contributed by atoms with Gasteiger partial charge >= 0.3 is 12.2 Å². The van der Waals surface area contributed by atoms with E-state index in [0.717, 1.165) is 33.7 Å². The number of H-pyrrole nitrogens is 2. The van der Waals surface area contributed by atoms with Crippen LogP contribution >= 0.6 is 0 Å². The third-order valence-corrected chi connectivity index (χ3v) is 7.71. The number of ether oxygens (including phenoxy) is 2. The highest BCUT2D eigenvalue weighted by Crippen LogP contribution is 2.33. The van der Waals surface area contributed by atoms with Crippen molar-refractivity contribution in [3.8, 4) is 0 Å². The average Bonchev–Trinajstić information content (AvgIpc) is 3.96. The van der Waals surface area contributed by atoms with Crippen LogP contribution in [0.3, 0.4) is 0 Å². The molecule has 4 aromatic rings. The minimum Gasteiger partial charge on any atom is -0.452 e. The molecule has 2 amide bonds. The number of carbonyl (C=O) groups excluding carboxylic acids is 2. The summed E-state index contributed by atoms with van der Waals surface area (Å²) < 4.78 is 9.57. The van der Waals surface area contributed by atoms with Crippen LogP contribution in [0.5, 0.6) is 0 Å². The summed E-state index contributed by atoms with van der Waals surface area (Å²) in [5.74, 6) is 0. The molecule has 5 heterocycles. The molecule has 3 aliphatic rings. The second-order valence-electron chi connectivity index (χ2n) is 10.6. The van der Waals surface area contributed by atoms with Crippen LogP contribution in [0, 0.1) is 0 Å². The first-order valence-corrected chi connectivity index (χ1v) is 14.9. The molecule has 12 heteroatoms. The van der Waals surface area contributed by atoms with Gasteiger partial charge in [-0.25, -0.2) is 30.4 Å². The Morgan fingerprint density at radius 1 is 0.562 bits per heavy atom. The Hall–Kier alpha value is -6.82. The predicted octanol–water partition coefficient (Wildman–Crippen LogP) is 5.72. The number of fused-ring (bicyclic) bond motifs is 6. The predicted molar refractivity (Wildman–Crippen MR) is 184 cm³/mol. The van der Waals surface area contributed by atoms with E-state index in [1.807, 2.05) is 109 Å². The number of aliphatic imine (C=N–C) groups is 2. The van der Waals surface area contributed by atoms with Crippen LogP contribution < -0.4 is 10.9 Å². The zero-order chi connectivity index (χ0) is 33.0. The van der Waals surface area contributed by atoms with Crippen LogP contribution in [0.1, 0.15) is 33.9 Å². The highest BCUT2D eigenvalue weighted by Gasteiger charge is 2.25. The second kappa shape index (κ2) is 12.9. The summed E-state index contributed by atoms with van der Waals surface area (Å²) in [6.07, 6.45) is 6.05. The van der Waals surface area contributed by atoms with Gasteiger partial charge in [0.05, 0.1) is 48.4 Å². The average molecular weight is 637 g/mol. The van der Waals surface area contributed by atoms with Gasteiger partial charge in [0.15, 0.2) is 0 Å². The Morgan fingerprint density at radius 3 is 1.35 bits per heavy atom. The molecule has 8 bridgehead atoms. The molecule has 236 valence electrons.